The Hall–Kier alpha value is -0.800. The predicted octanol–water partition coefficient (Wildman–Crippen LogP) is 6.16. The van der Waals surface area contributed by atoms with Gasteiger partial charge in [-0.2, -0.15) is 0 Å². The van der Waals surface area contributed by atoms with Crippen molar-refractivity contribution in [1.29, 1.82) is 0 Å². The molecular weight excluding hydrogens is 330 g/mol. The molecule has 1 aliphatic carbocycles. The summed E-state index contributed by atoms with van der Waals surface area (Å²) < 4.78 is 1.18. The summed E-state index contributed by atoms with van der Waals surface area (Å²) in [7, 11) is 0. The summed E-state index contributed by atoms with van der Waals surface area (Å²) in [5.41, 5.74) is 2.52. The van der Waals surface area contributed by atoms with E-state index >= 15 is 0 Å². The number of halogens is 1. The lowest BCUT2D eigenvalue weighted by molar-refractivity contribution is 0.475. The number of benzene rings is 1. The maximum absolute atomic E-state index is 3.78. The topological polar surface area (TPSA) is 12.0 Å². The first-order valence-corrected chi connectivity index (χ1v) is 8.97. The average molecular weight is 350 g/mol. The minimum Gasteiger partial charge on any atom is -0.377 e. The molecule has 1 N–H and O–H groups in total. The summed E-state index contributed by atoms with van der Waals surface area (Å²) in [6, 6.07) is 11.4. The predicted molar refractivity (Wildman–Crippen MR) is 91.5 cm³/mol. The van der Waals surface area contributed by atoms with E-state index in [0.29, 0.717) is 6.04 Å². The van der Waals surface area contributed by atoms with Crippen molar-refractivity contribution in [2.45, 2.75) is 38.6 Å². The summed E-state index contributed by atoms with van der Waals surface area (Å²) in [6.45, 7) is 2.14. The van der Waals surface area contributed by atoms with E-state index < -0.39 is 0 Å². The second kappa shape index (κ2) is 6.31. The van der Waals surface area contributed by atoms with Crippen molar-refractivity contribution >= 4 is 33.0 Å². The molecule has 2 aromatic rings. The van der Waals surface area contributed by atoms with Gasteiger partial charge in [-0.1, -0.05) is 34.8 Å². The smallest absolute Gasteiger partial charge is 0.0634 e. The van der Waals surface area contributed by atoms with Gasteiger partial charge in [0, 0.05) is 15.0 Å². The van der Waals surface area contributed by atoms with Crippen LogP contribution < -0.4 is 5.32 Å². The minimum atomic E-state index is 0.470. The molecule has 0 radical (unpaired) electrons. The number of thiophene rings is 1. The maximum Gasteiger partial charge on any atom is 0.0634 e. The highest BCUT2D eigenvalue weighted by molar-refractivity contribution is 9.10. The summed E-state index contributed by atoms with van der Waals surface area (Å²) in [4.78, 5) is 1.47. The van der Waals surface area contributed by atoms with Gasteiger partial charge in [0.15, 0.2) is 0 Å². The lowest BCUT2D eigenvalue weighted by atomic mass is 9.96. The fraction of sp³-hybridized carbons (Fsp3) is 0.412. The zero-order valence-electron chi connectivity index (χ0n) is 11.7. The zero-order valence-corrected chi connectivity index (χ0v) is 14.1. The van der Waals surface area contributed by atoms with Crippen molar-refractivity contribution in [2.75, 3.05) is 5.32 Å². The summed E-state index contributed by atoms with van der Waals surface area (Å²) in [5.74, 6) is 0.776. The molecule has 1 atom stereocenters. The van der Waals surface area contributed by atoms with Crippen molar-refractivity contribution in [3.63, 3.8) is 0 Å². The molecule has 1 nitrogen and oxygen atoms in total. The van der Waals surface area contributed by atoms with Gasteiger partial charge in [0.1, 0.15) is 0 Å². The third-order valence-corrected chi connectivity index (χ3v) is 6.05. The van der Waals surface area contributed by atoms with Crippen molar-refractivity contribution in [1.82, 2.24) is 0 Å². The van der Waals surface area contributed by atoms with Crippen LogP contribution in [-0.4, -0.2) is 0 Å². The molecule has 1 aromatic carbocycles. The van der Waals surface area contributed by atoms with Gasteiger partial charge in [-0.3, -0.25) is 0 Å². The van der Waals surface area contributed by atoms with Crippen LogP contribution in [0.1, 0.15) is 42.2 Å². The van der Waals surface area contributed by atoms with Crippen molar-refractivity contribution in [2.24, 2.45) is 5.92 Å². The van der Waals surface area contributed by atoms with Crippen LogP contribution >= 0.6 is 27.3 Å². The van der Waals surface area contributed by atoms with Gasteiger partial charge in [-0.05, 0) is 60.9 Å². The van der Waals surface area contributed by atoms with Gasteiger partial charge in [0.2, 0.25) is 0 Å². The molecule has 0 aliphatic heterocycles. The standard InChI is InChI=1S/C17H20BrNS/c1-12-11-14(8-9-15(12)18)19-17(13-5-2-3-6-13)16-7-4-10-20-16/h4,7-11,13,17,19H,2-3,5-6H2,1H3. The van der Waals surface area contributed by atoms with E-state index in [9.17, 15) is 0 Å². The summed E-state index contributed by atoms with van der Waals surface area (Å²) in [5, 5.41) is 5.97. The summed E-state index contributed by atoms with van der Waals surface area (Å²) in [6.07, 6.45) is 5.47. The molecule has 1 aromatic heterocycles. The fourth-order valence-corrected chi connectivity index (χ4v) is 4.21. The normalized spacial score (nSPS) is 17.3. The van der Waals surface area contributed by atoms with Gasteiger partial charge in [0.25, 0.3) is 0 Å². The summed E-state index contributed by atoms with van der Waals surface area (Å²) >= 11 is 5.45. The first kappa shape index (κ1) is 14.2. The third-order valence-electron chi connectivity index (χ3n) is 4.20. The van der Waals surface area contributed by atoms with Crippen LogP contribution in [0, 0.1) is 12.8 Å². The molecule has 1 saturated carbocycles. The molecule has 3 heteroatoms. The molecule has 0 spiro atoms. The Labute approximate surface area is 133 Å². The lowest BCUT2D eigenvalue weighted by Gasteiger charge is -2.25. The Kier molecular flexibility index (Phi) is 4.47. The molecule has 0 saturated heterocycles. The number of nitrogens with one attached hydrogen (secondary N) is 1. The van der Waals surface area contributed by atoms with Crippen LogP contribution in [0.2, 0.25) is 0 Å². The van der Waals surface area contributed by atoms with Crippen LogP contribution in [0.25, 0.3) is 0 Å². The zero-order chi connectivity index (χ0) is 13.9. The van der Waals surface area contributed by atoms with Gasteiger partial charge < -0.3 is 5.32 Å². The molecule has 1 aliphatic rings. The monoisotopic (exact) mass is 349 g/mol. The highest BCUT2D eigenvalue weighted by atomic mass is 79.9. The van der Waals surface area contributed by atoms with E-state index in [1.807, 2.05) is 11.3 Å². The molecule has 106 valence electrons. The van der Waals surface area contributed by atoms with Gasteiger partial charge in [-0.25, -0.2) is 0 Å². The van der Waals surface area contributed by atoms with E-state index in [4.69, 9.17) is 0 Å². The SMILES string of the molecule is Cc1cc(NC(c2cccs2)C2CCCC2)ccc1Br. The minimum absolute atomic E-state index is 0.470. The largest absolute Gasteiger partial charge is 0.377 e. The Morgan fingerprint density at radius 2 is 2.05 bits per heavy atom. The second-order valence-electron chi connectivity index (χ2n) is 5.65. The van der Waals surface area contributed by atoms with Crippen LogP contribution in [0.5, 0.6) is 0 Å². The molecular formula is C17H20BrNS. The second-order valence-corrected chi connectivity index (χ2v) is 7.48. The first-order chi connectivity index (χ1) is 9.74. The molecule has 0 amide bonds. The van der Waals surface area contributed by atoms with Crippen LogP contribution in [-0.2, 0) is 0 Å². The van der Waals surface area contributed by atoms with Gasteiger partial charge in [0.05, 0.1) is 6.04 Å². The average Bonchev–Trinajstić information content (AvgIpc) is 3.12. The van der Waals surface area contributed by atoms with Gasteiger partial charge >= 0.3 is 0 Å². The number of aryl methyl sites for hydroxylation is 1. The van der Waals surface area contributed by atoms with Crippen molar-refractivity contribution < 1.29 is 0 Å². The number of rotatable bonds is 4. The highest BCUT2D eigenvalue weighted by Crippen LogP contribution is 2.39. The van der Waals surface area contributed by atoms with Gasteiger partial charge in [-0.15, -0.1) is 11.3 Å². The number of hydrogen-bond donors (Lipinski definition) is 1. The Morgan fingerprint density at radius 3 is 2.70 bits per heavy atom. The highest BCUT2D eigenvalue weighted by Gasteiger charge is 2.27. The third kappa shape index (κ3) is 3.09. The number of hydrogen-bond acceptors (Lipinski definition) is 2. The Balaban J connectivity index is 1.84. The van der Waals surface area contributed by atoms with Crippen LogP contribution in [0.4, 0.5) is 5.69 Å². The van der Waals surface area contributed by atoms with Crippen LogP contribution in [0.3, 0.4) is 0 Å². The van der Waals surface area contributed by atoms with E-state index in [0.717, 1.165) is 5.92 Å². The van der Waals surface area contributed by atoms with Crippen molar-refractivity contribution in [3.8, 4) is 0 Å². The Bertz CT molecular complexity index is 558. The quantitative estimate of drug-likeness (QED) is 0.696. The van der Waals surface area contributed by atoms with Crippen molar-refractivity contribution in [3.05, 3.63) is 50.6 Å². The Morgan fingerprint density at radius 1 is 1.25 bits per heavy atom. The lowest BCUT2D eigenvalue weighted by Crippen LogP contribution is -2.18. The molecule has 0 bridgehead atoms. The van der Waals surface area contributed by atoms with E-state index in [2.05, 4.69) is 63.9 Å². The molecule has 1 heterocycles. The van der Waals surface area contributed by atoms with E-state index in [1.54, 1.807) is 0 Å². The van der Waals surface area contributed by atoms with Crippen LogP contribution in [0.15, 0.2) is 40.2 Å². The van der Waals surface area contributed by atoms with E-state index in [1.165, 1.54) is 46.3 Å². The molecule has 1 unspecified atom stereocenters. The first-order valence-electron chi connectivity index (χ1n) is 7.30. The molecule has 20 heavy (non-hydrogen) atoms. The fourth-order valence-electron chi connectivity index (χ4n) is 3.09. The molecule has 3 rings (SSSR count). The molecule has 1 fully saturated rings. The van der Waals surface area contributed by atoms with E-state index in [-0.39, 0.29) is 0 Å². The maximum atomic E-state index is 3.78. The number of anilines is 1.